The van der Waals surface area contributed by atoms with Crippen molar-refractivity contribution < 1.29 is 13.9 Å². The van der Waals surface area contributed by atoms with E-state index < -0.39 is 0 Å². The fourth-order valence-electron chi connectivity index (χ4n) is 2.27. The van der Waals surface area contributed by atoms with Crippen LogP contribution < -0.4 is 4.74 Å². The van der Waals surface area contributed by atoms with Crippen molar-refractivity contribution in [3.8, 4) is 5.75 Å². The lowest BCUT2D eigenvalue weighted by molar-refractivity contribution is 0.0967. The Kier molecular flexibility index (Phi) is 3.44. The fourth-order valence-corrected chi connectivity index (χ4v) is 2.27. The highest BCUT2D eigenvalue weighted by atomic mass is 16.5. The summed E-state index contributed by atoms with van der Waals surface area (Å²) in [6.07, 6.45) is 0.239. The number of aryl methyl sites for hydroxylation is 1. The topological polar surface area (TPSA) is 52.3 Å². The van der Waals surface area contributed by atoms with Gasteiger partial charge < -0.3 is 9.15 Å². The predicted octanol–water partition coefficient (Wildman–Crippen LogP) is 3.57. The molecule has 3 aromatic rings. The van der Waals surface area contributed by atoms with E-state index in [-0.39, 0.29) is 12.2 Å². The molecule has 21 heavy (non-hydrogen) atoms. The lowest BCUT2D eigenvalue weighted by Crippen LogP contribution is -2.03. The first-order chi connectivity index (χ1) is 10.2. The average Bonchev–Trinajstić information content (AvgIpc) is 2.91. The molecular formula is C17H15NO3. The van der Waals surface area contributed by atoms with Gasteiger partial charge >= 0.3 is 0 Å². The van der Waals surface area contributed by atoms with E-state index in [4.69, 9.17) is 9.15 Å². The molecule has 0 saturated carbocycles. The monoisotopic (exact) mass is 281 g/mol. The molecule has 3 rings (SSSR count). The van der Waals surface area contributed by atoms with Crippen LogP contribution in [0.1, 0.15) is 21.8 Å². The molecule has 0 bridgehead atoms. The number of para-hydroxylation sites is 1. The highest BCUT2D eigenvalue weighted by Crippen LogP contribution is 2.22. The summed E-state index contributed by atoms with van der Waals surface area (Å²) in [6.45, 7) is 1.91. The first kappa shape index (κ1) is 13.4. The molecular weight excluding hydrogens is 266 g/mol. The minimum Gasteiger partial charge on any atom is -0.496 e. The number of methoxy groups -OCH3 is 1. The molecule has 0 radical (unpaired) electrons. The summed E-state index contributed by atoms with van der Waals surface area (Å²) in [5, 5.41) is 0. The quantitative estimate of drug-likeness (QED) is 0.686. The van der Waals surface area contributed by atoms with Crippen LogP contribution >= 0.6 is 0 Å². The highest BCUT2D eigenvalue weighted by molar-refractivity contribution is 5.98. The minimum atomic E-state index is -0.0878. The summed E-state index contributed by atoms with van der Waals surface area (Å²) in [4.78, 5) is 16.7. The van der Waals surface area contributed by atoms with E-state index in [0.29, 0.717) is 22.6 Å². The maximum atomic E-state index is 12.4. The molecule has 2 heterocycles. The second-order valence-electron chi connectivity index (χ2n) is 4.86. The number of fused-ring (bicyclic) bond motifs is 1. The van der Waals surface area contributed by atoms with Gasteiger partial charge in [-0.25, -0.2) is 4.98 Å². The molecule has 1 aromatic carbocycles. The Balaban J connectivity index is 1.90. The number of carbonyl (C=O) groups is 1. The molecule has 0 aliphatic carbocycles. The molecule has 4 nitrogen and oxygen atoms in total. The van der Waals surface area contributed by atoms with Gasteiger partial charge in [0.2, 0.25) is 5.78 Å². The number of carbonyl (C=O) groups excluding carboxylic acids is 1. The summed E-state index contributed by atoms with van der Waals surface area (Å²) in [5.74, 6) is 0.945. The summed E-state index contributed by atoms with van der Waals surface area (Å²) >= 11 is 0. The van der Waals surface area contributed by atoms with Crippen LogP contribution in [0.3, 0.4) is 0 Å². The molecule has 0 saturated heterocycles. The van der Waals surface area contributed by atoms with Crippen LogP contribution in [0.5, 0.6) is 5.75 Å². The number of hydrogen-bond donors (Lipinski definition) is 0. The molecule has 0 spiro atoms. The Labute approximate surface area is 122 Å². The van der Waals surface area contributed by atoms with E-state index >= 15 is 0 Å². The molecule has 4 heteroatoms. The Morgan fingerprint density at radius 1 is 1.24 bits per heavy atom. The van der Waals surface area contributed by atoms with Crippen molar-refractivity contribution in [2.75, 3.05) is 7.11 Å². The lowest BCUT2D eigenvalue weighted by Gasteiger charge is -2.06. The molecule has 106 valence electrons. The number of Topliss-reactive ketones (excluding diaryl/α,β-unsaturated/α-hetero) is 1. The summed E-state index contributed by atoms with van der Waals surface area (Å²) in [7, 11) is 1.59. The Morgan fingerprint density at radius 3 is 2.86 bits per heavy atom. The second-order valence-corrected chi connectivity index (χ2v) is 4.86. The van der Waals surface area contributed by atoms with E-state index in [9.17, 15) is 4.79 Å². The molecule has 0 unspecified atom stereocenters. The van der Waals surface area contributed by atoms with Gasteiger partial charge in [-0.15, -0.1) is 0 Å². The maximum absolute atomic E-state index is 12.4. The van der Waals surface area contributed by atoms with Crippen LogP contribution in [-0.2, 0) is 6.42 Å². The summed E-state index contributed by atoms with van der Waals surface area (Å²) < 4.78 is 10.8. The van der Waals surface area contributed by atoms with Gasteiger partial charge in [0.25, 0.3) is 0 Å². The number of hydrogen-bond acceptors (Lipinski definition) is 4. The smallest absolute Gasteiger partial charge is 0.202 e. The van der Waals surface area contributed by atoms with Gasteiger partial charge in [-0.1, -0.05) is 18.2 Å². The lowest BCUT2D eigenvalue weighted by atomic mass is 10.1. The predicted molar refractivity (Wildman–Crippen MR) is 79.8 cm³/mol. The van der Waals surface area contributed by atoms with Gasteiger partial charge in [0.1, 0.15) is 11.3 Å². The molecule has 0 aliphatic rings. The number of nitrogens with zero attached hydrogens (tertiary/aromatic N) is 1. The third-order valence-corrected chi connectivity index (χ3v) is 3.33. The third kappa shape index (κ3) is 2.65. The average molecular weight is 281 g/mol. The fraction of sp³-hybridized carbons (Fsp3) is 0.176. The number of furan rings is 1. The second kappa shape index (κ2) is 5.40. The van der Waals surface area contributed by atoms with Gasteiger partial charge in [0.15, 0.2) is 11.3 Å². The van der Waals surface area contributed by atoms with Crippen LogP contribution in [0.2, 0.25) is 0 Å². The van der Waals surface area contributed by atoms with Crippen molar-refractivity contribution in [2.45, 2.75) is 13.3 Å². The first-order valence-corrected chi connectivity index (χ1v) is 6.69. The number of rotatable bonds is 4. The standard InChI is InChI=1S/C17H15NO3/c1-11-7-8-16-13(18-11)10-17(21-16)14(19)9-12-5-3-4-6-15(12)20-2/h3-8,10H,9H2,1-2H3. The number of ether oxygens (including phenoxy) is 1. The van der Waals surface area contributed by atoms with Crippen molar-refractivity contribution in [3.63, 3.8) is 0 Å². The Morgan fingerprint density at radius 2 is 2.05 bits per heavy atom. The maximum Gasteiger partial charge on any atom is 0.202 e. The largest absolute Gasteiger partial charge is 0.496 e. The summed E-state index contributed by atoms with van der Waals surface area (Å²) in [5.41, 5.74) is 3.07. The van der Waals surface area contributed by atoms with Crippen LogP contribution in [0, 0.1) is 6.92 Å². The van der Waals surface area contributed by atoms with Crippen LogP contribution in [-0.4, -0.2) is 17.9 Å². The number of pyridine rings is 1. The Bertz CT molecular complexity index is 805. The van der Waals surface area contributed by atoms with Crippen LogP contribution in [0.4, 0.5) is 0 Å². The van der Waals surface area contributed by atoms with E-state index in [1.807, 2.05) is 43.3 Å². The van der Waals surface area contributed by atoms with E-state index in [2.05, 4.69) is 4.98 Å². The first-order valence-electron chi connectivity index (χ1n) is 6.69. The van der Waals surface area contributed by atoms with Gasteiger partial charge in [0, 0.05) is 23.7 Å². The van der Waals surface area contributed by atoms with Crippen LogP contribution in [0.25, 0.3) is 11.1 Å². The number of benzene rings is 1. The zero-order chi connectivity index (χ0) is 14.8. The number of ketones is 1. The molecule has 2 aromatic heterocycles. The van der Waals surface area contributed by atoms with Crippen molar-refractivity contribution in [2.24, 2.45) is 0 Å². The normalized spacial score (nSPS) is 10.8. The molecule has 0 N–H and O–H groups in total. The van der Waals surface area contributed by atoms with Crippen molar-refractivity contribution in [1.82, 2.24) is 4.98 Å². The van der Waals surface area contributed by atoms with E-state index in [0.717, 1.165) is 11.3 Å². The van der Waals surface area contributed by atoms with Crippen molar-refractivity contribution in [3.05, 3.63) is 59.5 Å². The minimum absolute atomic E-state index is 0.0878. The van der Waals surface area contributed by atoms with Gasteiger partial charge in [-0.3, -0.25) is 4.79 Å². The zero-order valence-corrected chi connectivity index (χ0v) is 11.9. The summed E-state index contributed by atoms with van der Waals surface area (Å²) in [6, 6.07) is 12.9. The van der Waals surface area contributed by atoms with E-state index in [1.165, 1.54) is 0 Å². The van der Waals surface area contributed by atoms with Crippen LogP contribution in [0.15, 0.2) is 46.9 Å². The van der Waals surface area contributed by atoms with Gasteiger partial charge in [-0.05, 0) is 25.1 Å². The zero-order valence-electron chi connectivity index (χ0n) is 11.9. The third-order valence-electron chi connectivity index (χ3n) is 3.33. The van der Waals surface area contributed by atoms with E-state index in [1.54, 1.807) is 13.2 Å². The van der Waals surface area contributed by atoms with Gasteiger partial charge in [0.05, 0.1) is 7.11 Å². The highest BCUT2D eigenvalue weighted by Gasteiger charge is 2.15. The Hall–Kier alpha value is -2.62. The van der Waals surface area contributed by atoms with Crippen molar-refractivity contribution >= 4 is 16.9 Å². The number of aromatic nitrogens is 1. The molecule has 0 atom stereocenters. The molecule has 0 amide bonds. The van der Waals surface area contributed by atoms with Gasteiger partial charge in [-0.2, -0.15) is 0 Å². The molecule has 0 fully saturated rings. The van der Waals surface area contributed by atoms with Crippen molar-refractivity contribution in [1.29, 1.82) is 0 Å². The molecule has 0 aliphatic heterocycles. The SMILES string of the molecule is COc1ccccc1CC(=O)c1cc2nc(C)ccc2o1.